The van der Waals surface area contributed by atoms with E-state index >= 15 is 0 Å². The number of hydrogen-bond donors (Lipinski definition) is 1. The van der Waals surface area contributed by atoms with Gasteiger partial charge in [0.25, 0.3) is 0 Å². The number of aliphatic hydroxyl groups is 1. The first kappa shape index (κ1) is 11.9. The number of carbonyl (C=O) groups excluding carboxylic acids is 1. The van der Waals surface area contributed by atoms with E-state index in [1.165, 1.54) is 0 Å². The fraction of sp³-hybridized carbons (Fsp3) is 0.900. The van der Waals surface area contributed by atoms with Crippen molar-refractivity contribution in [3.05, 3.63) is 0 Å². The van der Waals surface area contributed by atoms with Gasteiger partial charge < -0.3 is 10.0 Å². The molecule has 0 radical (unpaired) electrons. The van der Waals surface area contributed by atoms with E-state index in [0.29, 0.717) is 12.3 Å². The molecule has 1 saturated heterocycles. The monoisotopic (exact) mass is 217 g/mol. The van der Waals surface area contributed by atoms with E-state index in [2.05, 4.69) is 6.92 Å². The van der Waals surface area contributed by atoms with Crippen LogP contribution in [0.5, 0.6) is 0 Å². The zero-order chi connectivity index (χ0) is 10.4. The van der Waals surface area contributed by atoms with Crippen molar-refractivity contribution >= 4 is 17.7 Å². The van der Waals surface area contributed by atoms with Gasteiger partial charge in [0.15, 0.2) is 0 Å². The Balaban J connectivity index is 2.18. The van der Waals surface area contributed by atoms with Gasteiger partial charge in [0.05, 0.1) is 0 Å². The molecule has 1 atom stereocenters. The SMILES string of the molecule is CCSCCC(=O)N1CCC(CO)C1. The van der Waals surface area contributed by atoms with Gasteiger partial charge in [0.2, 0.25) is 5.91 Å². The van der Waals surface area contributed by atoms with Crippen LogP contribution in [0.15, 0.2) is 0 Å². The third-order valence-corrected chi connectivity index (χ3v) is 3.46. The van der Waals surface area contributed by atoms with Gasteiger partial charge in [-0.3, -0.25) is 4.79 Å². The molecule has 1 amide bonds. The quantitative estimate of drug-likeness (QED) is 0.698. The van der Waals surface area contributed by atoms with Gasteiger partial charge in [-0.15, -0.1) is 0 Å². The maximum atomic E-state index is 11.6. The minimum atomic E-state index is 0.216. The molecule has 1 N–H and O–H groups in total. The topological polar surface area (TPSA) is 40.5 Å². The fourth-order valence-corrected chi connectivity index (χ4v) is 2.28. The van der Waals surface area contributed by atoms with E-state index in [4.69, 9.17) is 5.11 Å². The summed E-state index contributed by atoms with van der Waals surface area (Å²) in [5, 5.41) is 8.94. The largest absolute Gasteiger partial charge is 0.396 e. The number of amides is 1. The lowest BCUT2D eigenvalue weighted by molar-refractivity contribution is -0.129. The molecule has 1 heterocycles. The second kappa shape index (κ2) is 6.30. The van der Waals surface area contributed by atoms with Gasteiger partial charge >= 0.3 is 0 Å². The summed E-state index contributed by atoms with van der Waals surface area (Å²) in [5.41, 5.74) is 0. The lowest BCUT2D eigenvalue weighted by Crippen LogP contribution is -2.29. The molecule has 1 rings (SSSR count). The van der Waals surface area contributed by atoms with E-state index in [9.17, 15) is 4.79 Å². The van der Waals surface area contributed by atoms with Gasteiger partial charge in [-0.2, -0.15) is 11.8 Å². The second-order valence-corrected chi connectivity index (χ2v) is 5.02. The first-order chi connectivity index (χ1) is 6.77. The Morgan fingerprint density at radius 1 is 1.64 bits per heavy atom. The zero-order valence-corrected chi connectivity index (χ0v) is 9.55. The molecule has 0 aromatic rings. The normalized spacial score (nSPS) is 21.6. The van der Waals surface area contributed by atoms with Crippen LogP contribution in [-0.4, -0.2) is 47.1 Å². The van der Waals surface area contributed by atoms with Crippen molar-refractivity contribution in [3.8, 4) is 0 Å². The third-order valence-electron chi connectivity index (χ3n) is 2.56. The Bertz CT molecular complexity index is 187. The molecule has 0 saturated carbocycles. The second-order valence-electron chi connectivity index (χ2n) is 3.62. The predicted octanol–water partition coefficient (Wildman–Crippen LogP) is 0.970. The van der Waals surface area contributed by atoms with Gasteiger partial charge in [-0.05, 0) is 12.2 Å². The number of nitrogens with zero attached hydrogens (tertiary/aromatic N) is 1. The lowest BCUT2D eigenvalue weighted by atomic mass is 10.1. The molecule has 0 aromatic carbocycles. The Morgan fingerprint density at radius 3 is 3.00 bits per heavy atom. The maximum Gasteiger partial charge on any atom is 0.223 e. The van der Waals surface area contributed by atoms with Crippen molar-refractivity contribution in [1.82, 2.24) is 4.90 Å². The predicted molar refractivity (Wildman–Crippen MR) is 59.4 cm³/mol. The molecular formula is C10H19NO2S. The molecule has 0 aromatic heterocycles. The average Bonchev–Trinajstić information content (AvgIpc) is 2.66. The van der Waals surface area contributed by atoms with Gasteiger partial charge in [0, 0.05) is 37.8 Å². The number of likely N-dealkylation sites (tertiary alicyclic amines) is 1. The molecule has 4 heteroatoms. The van der Waals surface area contributed by atoms with Gasteiger partial charge in [0.1, 0.15) is 0 Å². The van der Waals surface area contributed by atoms with Gasteiger partial charge in [-0.25, -0.2) is 0 Å². The summed E-state index contributed by atoms with van der Waals surface area (Å²) in [6.07, 6.45) is 1.61. The van der Waals surface area contributed by atoms with Crippen molar-refractivity contribution in [3.63, 3.8) is 0 Å². The standard InChI is InChI=1S/C10H19NO2S/c1-2-14-6-4-10(13)11-5-3-9(7-11)8-12/h9,12H,2-8H2,1H3. The Morgan fingerprint density at radius 2 is 2.43 bits per heavy atom. The van der Waals surface area contributed by atoms with Crippen LogP contribution >= 0.6 is 11.8 Å². The lowest BCUT2D eigenvalue weighted by Gasteiger charge is -2.15. The van der Waals surface area contributed by atoms with Crippen LogP contribution in [0, 0.1) is 5.92 Å². The van der Waals surface area contributed by atoms with Crippen LogP contribution in [0.25, 0.3) is 0 Å². The summed E-state index contributed by atoms with van der Waals surface area (Å²) < 4.78 is 0. The first-order valence-corrected chi connectivity index (χ1v) is 6.39. The zero-order valence-electron chi connectivity index (χ0n) is 8.74. The van der Waals surface area contributed by atoms with Crippen molar-refractivity contribution < 1.29 is 9.90 Å². The van der Waals surface area contributed by atoms with E-state index in [1.807, 2.05) is 4.90 Å². The molecule has 1 unspecified atom stereocenters. The van der Waals surface area contributed by atoms with Crippen molar-refractivity contribution in [2.45, 2.75) is 19.8 Å². The Labute approximate surface area is 89.9 Å². The first-order valence-electron chi connectivity index (χ1n) is 5.24. The van der Waals surface area contributed by atoms with Crippen LogP contribution in [0.3, 0.4) is 0 Å². The van der Waals surface area contributed by atoms with Crippen LogP contribution in [0.4, 0.5) is 0 Å². The van der Waals surface area contributed by atoms with Crippen molar-refractivity contribution in [2.75, 3.05) is 31.2 Å². The Hall–Kier alpha value is -0.220. The highest BCUT2D eigenvalue weighted by Gasteiger charge is 2.24. The highest BCUT2D eigenvalue weighted by Crippen LogP contribution is 2.16. The number of carbonyl (C=O) groups is 1. The van der Waals surface area contributed by atoms with Crippen LogP contribution < -0.4 is 0 Å². The van der Waals surface area contributed by atoms with Crippen molar-refractivity contribution in [1.29, 1.82) is 0 Å². The highest BCUT2D eigenvalue weighted by molar-refractivity contribution is 7.99. The molecule has 14 heavy (non-hydrogen) atoms. The molecule has 1 fully saturated rings. The summed E-state index contributed by atoms with van der Waals surface area (Å²) >= 11 is 1.80. The molecule has 3 nitrogen and oxygen atoms in total. The molecule has 0 aliphatic carbocycles. The summed E-state index contributed by atoms with van der Waals surface area (Å²) in [6.45, 7) is 3.91. The average molecular weight is 217 g/mol. The molecular weight excluding hydrogens is 198 g/mol. The van der Waals surface area contributed by atoms with Crippen molar-refractivity contribution in [2.24, 2.45) is 5.92 Å². The summed E-state index contributed by atoms with van der Waals surface area (Å²) in [4.78, 5) is 13.5. The molecule has 0 bridgehead atoms. The summed E-state index contributed by atoms with van der Waals surface area (Å²) in [6, 6.07) is 0. The van der Waals surface area contributed by atoms with E-state index in [-0.39, 0.29) is 12.5 Å². The third kappa shape index (κ3) is 3.50. The van der Waals surface area contributed by atoms with E-state index < -0.39 is 0 Å². The van der Waals surface area contributed by atoms with Gasteiger partial charge in [-0.1, -0.05) is 6.92 Å². The number of thioether (sulfide) groups is 1. The minimum absolute atomic E-state index is 0.216. The summed E-state index contributed by atoms with van der Waals surface area (Å²) in [5.74, 6) is 2.57. The summed E-state index contributed by atoms with van der Waals surface area (Å²) in [7, 11) is 0. The number of hydrogen-bond acceptors (Lipinski definition) is 3. The molecule has 82 valence electrons. The molecule has 0 spiro atoms. The highest BCUT2D eigenvalue weighted by atomic mass is 32.2. The van der Waals surface area contributed by atoms with Crippen LogP contribution in [0.2, 0.25) is 0 Å². The minimum Gasteiger partial charge on any atom is -0.396 e. The van der Waals surface area contributed by atoms with E-state index in [0.717, 1.165) is 31.0 Å². The maximum absolute atomic E-state index is 11.6. The fourth-order valence-electron chi connectivity index (χ4n) is 1.67. The van der Waals surface area contributed by atoms with Crippen LogP contribution in [0.1, 0.15) is 19.8 Å². The van der Waals surface area contributed by atoms with Crippen LogP contribution in [-0.2, 0) is 4.79 Å². The number of aliphatic hydroxyl groups excluding tert-OH is 1. The molecule has 1 aliphatic heterocycles. The van der Waals surface area contributed by atoms with E-state index in [1.54, 1.807) is 11.8 Å². The Kier molecular flexibility index (Phi) is 5.33. The molecule has 1 aliphatic rings. The smallest absolute Gasteiger partial charge is 0.223 e. The number of rotatable bonds is 5.